The Morgan fingerprint density at radius 1 is 0.909 bits per heavy atom. The van der Waals surface area contributed by atoms with Crippen LogP contribution in [0.15, 0.2) is 0 Å². The van der Waals surface area contributed by atoms with Crippen molar-refractivity contribution in [3.05, 3.63) is 0 Å². The van der Waals surface area contributed by atoms with Gasteiger partial charge in [-0.3, -0.25) is 0 Å². The molecular weight excluding hydrogens is 282 g/mol. The van der Waals surface area contributed by atoms with Crippen LogP contribution >= 0.6 is 0 Å². The molecule has 0 aliphatic heterocycles. The molecular formula is C17H33NO4. The van der Waals surface area contributed by atoms with Crippen molar-refractivity contribution >= 4 is 0 Å². The van der Waals surface area contributed by atoms with E-state index in [1.54, 1.807) is 21.3 Å². The molecule has 0 spiro atoms. The molecule has 0 amide bonds. The second-order valence-corrected chi connectivity index (χ2v) is 5.42. The molecule has 0 aromatic heterocycles. The maximum Gasteiger partial charge on any atom is 0.285 e. The van der Waals surface area contributed by atoms with E-state index in [1.807, 2.05) is 0 Å². The zero-order chi connectivity index (χ0) is 16.7. The number of hydrogen-bond acceptors (Lipinski definition) is 5. The summed E-state index contributed by atoms with van der Waals surface area (Å²) in [5.74, 6) is -0.903. The molecule has 0 aromatic rings. The smallest absolute Gasteiger partial charge is 0.285 e. The third-order valence-corrected chi connectivity index (χ3v) is 3.98. The number of methoxy groups -OCH3 is 3. The maximum atomic E-state index is 8.52. The zero-order valence-corrected chi connectivity index (χ0v) is 14.7. The van der Waals surface area contributed by atoms with Crippen LogP contribution in [0.4, 0.5) is 0 Å². The predicted octanol–water partition coefficient (Wildman–Crippen LogP) is 3.88. The minimum atomic E-state index is -1.01. The SMILES string of the molecule is CCCCCCCC(CCOCCC#N)C(OC)(OC)OC. The summed E-state index contributed by atoms with van der Waals surface area (Å²) < 4.78 is 22.0. The van der Waals surface area contributed by atoms with E-state index in [2.05, 4.69) is 13.0 Å². The molecule has 1 atom stereocenters. The van der Waals surface area contributed by atoms with Crippen molar-refractivity contribution in [2.45, 2.75) is 64.3 Å². The van der Waals surface area contributed by atoms with E-state index in [0.717, 1.165) is 19.3 Å². The Kier molecular flexibility index (Phi) is 13.5. The van der Waals surface area contributed by atoms with Gasteiger partial charge >= 0.3 is 0 Å². The van der Waals surface area contributed by atoms with Crippen molar-refractivity contribution in [1.29, 1.82) is 5.26 Å². The zero-order valence-electron chi connectivity index (χ0n) is 14.7. The van der Waals surface area contributed by atoms with E-state index in [4.69, 9.17) is 24.2 Å². The van der Waals surface area contributed by atoms with Crippen LogP contribution in [0, 0.1) is 17.2 Å². The molecule has 5 heteroatoms. The fourth-order valence-corrected chi connectivity index (χ4v) is 2.69. The first kappa shape index (κ1) is 21.3. The lowest BCUT2D eigenvalue weighted by Crippen LogP contribution is -2.44. The number of nitrogens with zero attached hydrogens (tertiary/aromatic N) is 1. The molecule has 0 fully saturated rings. The van der Waals surface area contributed by atoms with Crippen LogP contribution in [0.1, 0.15) is 58.3 Å². The summed E-state index contributed by atoms with van der Waals surface area (Å²) in [6.45, 7) is 3.27. The molecule has 130 valence electrons. The molecule has 0 N–H and O–H groups in total. The van der Waals surface area contributed by atoms with Gasteiger partial charge in [-0.05, 0) is 12.8 Å². The number of ether oxygens (including phenoxy) is 4. The van der Waals surface area contributed by atoms with Crippen LogP contribution in [0.5, 0.6) is 0 Å². The molecule has 0 aromatic carbocycles. The van der Waals surface area contributed by atoms with Gasteiger partial charge in [-0.2, -0.15) is 5.26 Å². The summed E-state index contributed by atoms with van der Waals surface area (Å²) >= 11 is 0. The van der Waals surface area contributed by atoms with E-state index < -0.39 is 5.97 Å². The first-order valence-corrected chi connectivity index (χ1v) is 8.30. The van der Waals surface area contributed by atoms with Gasteiger partial charge in [0.2, 0.25) is 0 Å². The molecule has 5 nitrogen and oxygen atoms in total. The van der Waals surface area contributed by atoms with Gasteiger partial charge < -0.3 is 18.9 Å². The van der Waals surface area contributed by atoms with Gasteiger partial charge in [0.05, 0.1) is 19.1 Å². The molecule has 1 unspecified atom stereocenters. The normalized spacial score (nSPS) is 13.0. The quantitative estimate of drug-likeness (QED) is 0.339. The molecule has 0 aliphatic carbocycles. The Balaban J connectivity index is 4.38. The van der Waals surface area contributed by atoms with Gasteiger partial charge in [-0.15, -0.1) is 0 Å². The van der Waals surface area contributed by atoms with Crippen molar-refractivity contribution < 1.29 is 18.9 Å². The topological polar surface area (TPSA) is 60.7 Å². The average Bonchev–Trinajstić information content (AvgIpc) is 2.55. The van der Waals surface area contributed by atoms with E-state index in [1.165, 1.54) is 25.7 Å². The summed E-state index contributed by atoms with van der Waals surface area (Å²) in [7, 11) is 4.81. The highest BCUT2D eigenvalue weighted by Gasteiger charge is 2.39. The predicted molar refractivity (Wildman–Crippen MR) is 86.3 cm³/mol. The van der Waals surface area contributed by atoms with Gasteiger partial charge in [0.25, 0.3) is 5.97 Å². The largest absolute Gasteiger partial charge is 0.380 e. The average molecular weight is 315 g/mol. The Labute approximate surface area is 135 Å². The lowest BCUT2D eigenvalue weighted by Gasteiger charge is -2.36. The van der Waals surface area contributed by atoms with E-state index in [-0.39, 0.29) is 5.92 Å². The van der Waals surface area contributed by atoms with Crippen LogP contribution in [0.25, 0.3) is 0 Å². The van der Waals surface area contributed by atoms with Gasteiger partial charge in [0.15, 0.2) is 0 Å². The minimum Gasteiger partial charge on any atom is -0.380 e. The highest BCUT2D eigenvalue weighted by atomic mass is 16.9. The first-order chi connectivity index (χ1) is 10.7. The fraction of sp³-hybridized carbons (Fsp3) is 0.941. The molecule has 0 saturated heterocycles. The summed E-state index contributed by atoms with van der Waals surface area (Å²) in [4.78, 5) is 0. The lowest BCUT2D eigenvalue weighted by atomic mass is 9.94. The Bertz CT molecular complexity index is 279. The second-order valence-electron chi connectivity index (χ2n) is 5.42. The highest BCUT2D eigenvalue weighted by Crippen LogP contribution is 2.31. The lowest BCUT2D eigenvalue weighted by molar-refractivity contribution is -0.381. The van der Waals surface area contributed by atoms with E-state index in [0.29, 0.717) is 19.6 Å². The van der Waals surface area contributed by atoms with Gasteiger partial charge in [-0.25, -0.2) is 0 Å². The second kappa shape index (κ2) is 14.0. The number of rotatable bonds is 15. The minimum absolute atomic E-state index is 0.108. The molecule has 0 heterocycles. The van der Waals surface area contributed by atoms with Crippen molar-refractivity contribution in [1.82, 2.24) is 0 Å². The van der Waals surface area contributed by atoms with Crippen LogP contribution in [-0.2, 0) is 18.9 Å². The molecule has 22 heavy (non-hydrogen) atoms. The summed E-state index contributed by atoms with van der Waals surface area (Å²) in [5, 5.41) is 8.52. The first-order valence-electron chi connectivity index (χ1n) is 8.30. The number of unbranched alkanes of at least 4 members (excludes halogenated alkanes) is 4. The maximum absolute atomic E-state index is 8.52. The third-order valence-electron chi connectivity index (χ3n) is 3.98. The molecule has 0 bridgehead atoms. The van der Waals surface area contributed by atoms with Crippen molar-refractivity contribution in [2.75, 3.05) is 34.5 Å². The Morgan fingerprint density at radius 2 is 1.55 bits per heavy atom. The Morgan fingerprint density at radius 3 is 2.09 bits per heavy atom. The summed E-state index contributed by atoms with van der Waals surface area (Å²) in [5.41, 5.74) is 0. The number of nitriles is 1. The number of hydrogen-bond donors (Lipinski definition) is 0. The van der Waals surface area contributed by atoms with Gasteiger partial charge in [0, 0.05) is 33.9 Å². The van der Waals surface area contributed by atoms with Crippen molar-refractivity contribution in [3.8, 4) is 6.07 Å². The summed E-state index contributed by atoms with van der Waals surface area (Å²) in [6.07, 6.45) is 8.32. The van der Waals surface area contributed by atoms with Crippen molar-refractivity contribution in [3.63, 3.8) is 0 Å². The van der Waals surface area contributed by atoms with Crippen LogP contribution in [0.2, 0.25) is 0 Å². The molecule has 0 aliphatic rings. The van der Waals surface area contributed by atoms with Gasteiger partial charge in [-0.1, -0.05) is 39.0 Å². The van der Waals surface area contributed by atoms with E-state index >= 15 is 0 Å². The van der Waals surface area contributed by atoms with E-state index in [9.17, 15) is 0 Å². The highest BCUT2D eigenvalue weighted by molar-refractivity contribution is 4.72. The van der Waals surface area contributed by atoms with Crippen LogP contribution in [0.3, 0.4) is 0 Å². The standard InChI is InChI=1S/C17H33NO4/c1-5-6-7-8-9-11-16(12-15-22-14-10-13-18)17(19-2,20-3)21-4/h16H,5-12,14-15H2,1-4H3. The van der Waals surface area contributed by atoms with Crippen LogP contribution < -0.4 is 0 Å². The van der Waals surface area contributed by atoms with Crippen molar-refractivity contribution in [2.24, 2.45) is 5.92 Å². The molecule has 0 rings (SSSR count). The van der Waals surface area contributed by atoms with Gasteiger partial charge in [0.1, 0.15) is 0 Å². The third kappa shape index (κ3) is 8.09. The monoisotopic (exact) mass is 315 g/mol. The fourth-order valence-electron chi connectivity index (χ4n) is 2.69. The van der Waals surface area contributed by atoms with Crippen LogP contribution in [-0.4, -0.2) is 40.5 Å². The molecule has 0 saturated carbocycles. The summed E-state index contributed by atoms with van der Waals surface area (Å²) in [6, 6.07) is 2.07. The molecule has 0 radical (unpaired) electrons. The Hall–Kier alpha value is -0.670.